The Hall–Kier alpha value is -1.26. The number of hydrogen-bond donors (Lipinski definition) is 3. The Morgan fingerprint density at radius 3 is 2.83 bits per heavy atom. The van der Waals surface area contributed by atoms with Crippen LogP contribution in [-0.2, 0) is 0 Å². The molecule has 1 aromatic rings. The van der Waals surface area contributed by atoms with Crippen molar-refractivity contribution in [2.75, 3.05) is 18.4 Å². The van der Waals surface area contributed by atoms with Crippen LogP contribution in [-0.4, -0.2) is 25.2 Å². The number of nitrogens with one attached hydrogen (secondary N) is 3. The number of urea groups is 1. The highest BCUT2D eigenvalue weighted by Crippen LogP contribution is 2.13. The van der Waals surface area contributed by atoms with Crippen LogP contribution in [0.3, 0.4) is 0 Å². The summed E-state index contributed by atoms with van der Waals surface area (Å²) < 4.78 is 0. The van der Waals surface area contributed by atoms with Gasteiger partial charge in [0.05, 0.1) is 0 Å². The van der Waals surface area contributed by atoms with E-state index in [1.165, 1.54) is 12.8 Å². The van der Waals surface area contributed by atoms with E-state index in [1.807, 2.05) is 0 Å². The van der Waals surface area contributed by atoms with Crippen LogP contribution in [0.2, 0.25) is 5.02 Å². The monoisotopic (exact) mass is 267 g/mol. The van der Waals surface area contributed by atoms with Crippen molar-refractivity contribution in [3.05, 3.63) is 29.3 Å². The van der Waals surface area contributed by atoms with Crippen LogP contribution in [0.25, 0.3) is 0 Å². The molecule has 1 fully saturated rings. The molecule has 1 atom stereocenters. The molecule has 4 nitrogen and oxygen atoms in total. The maximum absolute atomic E-state index is 11.6. The lowest BCUT2D eigenvalue weighted by Gasteiger charge is -2.11. The highest BCUT2D eigenvalue weighted by atomic mass is 35.5. The summed E-state index contributed by atoms with van der Waals surface area (Å²) in [7, 11) is 0. The van der Waals surface area contributed by atoms with Gasteiger partial charge in [-0.1, -0.05) is 11.6 Å². The quantitative estimate of drug-likeness (QED) is 0.785. The molecule has 98 valence electrons. The van der Waals surface area contributed by atoms with Gasteiger partial charge in [-0.25, -0.2) is 4.79 Å². The van der Waals surface area contributed by atoms with Crippen LogP contribution in [0.4, 0.5) is 10.5 Å². The molecule has 0 radical (unpaired) electrons. The maximum atomic E-state index is 11.6. The van der Waals surface area contributed by atoms with E-state index in [0.717, 1.165) is 18.7 Å². The minimum Gasteiger partial charge on any atom is -0.338 e. The molecule has 1 aromatic carbocycles. The first kappa shape index (κ1) is 13.2. The fourth-order valence-corrected chi connectivity index (χ4v) is 2.20. The van der Waals surface area contributed by atoms with E-state index in [4.69, 9.17) is 11.6 Å². The van der Waals surface area contributed by atoms with E-state index in [0.29, 0.717) is 17.6 Å². The van der Waals surface area contributed by atoms with Gasteiger partial charge in [0.15, 0.2) is 0 Å². The van der Waals surface area contributed by atoms with Crippen LogP contribution in [0.15, 0.2) is 24.3 Å². The van der Waals surface area contributed by atoms with Crippen LogP contribution >= 0.6 is 11.6 Å². The number of carbonyl (C=O) groups is 1. The van der Waals surface area contributed by atoms with Crippen molar-refractivity contribution in [3.63, 3.8) is 0 Å². The molecule has 0 aliphatic carbocycles. The van der Waals surface area contributed by atoms with Crippen LogP contribution in [0.5, 0.6) is 0 Å². The van der Waals surface area contributed by atoms with E-state index >= 15 is 0 Å². The Balaban J connectivity index is 1.66. The first-order chi connectivity index (χ1) is 8.74. The third kappa shape index (κ3) is 4.20. The van der Waals surface area contributed by atoms with Gasteiger partial charge in [0.1, 0.15) is 0 Å². The molecular formula is C13H18ClN3O. The second-order valence-corrected chi connectivity index (χ2v) is 4.91. The number of anilines is 1. The van der Waals surface area contributed by atoms with Gasteiger partial charge in [0.25, 0.3) is 0 Å². The van der Waals surface area contributed by atoms with Gasteiger partial charge in [-0.3, -0.25) is 0 Å². The van der Waals surface area contributed by atoms with Crippen molar-refractivity contribution in [1.82, 2.24) is 10.6 Å². The van der Waals surface area contributed by atoms with E-state index in [2.05, 4.69) is 16.0 Å². The predicted octanol–water partition coefficient (Wildman–Crippen LogP) is 2.60. The second kappa shape index (κ2) is 6.61. The Morgan fingerprint density at radius 2 is 2.17 bits per heavy atom. The molecule has 0 saturated carbocycles. The number of rotatable bonds is 4. The summed E-state index contributed by atoms with van der Waals surface area (Å²) in [5.41, 5.74) is 0.746. The van der Waals surface area contributed by atoms with Crippen molar-refractivity contribution in [1.29, 1.82) is 0 Å². The first-order valence-corrected chi connectivity index (χ1v) is 6.65. The summed E-state index contributed by atoms with van der Waals surface area (Å²) in [6.45, 7) is 1.79. The maximum Gasteiger partial charge on any atom is 0.319 e. The summed E-state index contributed by atoms with van der Waals surface area (Å²) in [5, 5.41) is 9.68. The van der Waals surface area contributed by atoms with Crippen LogP contribution < -0.4 is 16.0 Å². The summed E-state index contributed by atoms with van der Waals surface area (Å²) >= 11 is 5.77. The predicted molar refractivity (Wildman–Crippen MR) is 74.1 cm³/mol. The average molecular weight is 268 g/mol. The summed E-state index contributed by atoms with van der Waals surface area (Å²) in [5.74, 6) is 0. The largest absolute Gasteiger partial charge is 0.338 e. The van der Waals surface area contributed by atoms with Gasteiger partial charge in [-0.15, -0.1) is 0 Å². The smallest absolute Gasteiger partial charge is 0.319 e. The lowest BCUT2D eigenvalue weighted by molar-refractivity contribution is 0.251. The molecule has 5 heteroatoms. The molecule has 3 N–H and O–H groups in total. The summed E-state index contributed by atoms with van der Waals surface area (Å²) in [6.07, 6.45) is 3.43. The van der Waals surface area contributed by atoms with Gasteiger partial charge in [0, 0.05) is 23.3 Å². The molecule has 1 saturated heterocycles. The molecule has 2 rings (SSSR count). The molecule has 2 amide bonds. The van der Waals surface area contributed by atoms with E-state index < -0.39 is 0 Å². The highest BCUT2D eigenvalue weighted by molar-refractivity contribution is 6.30. The number of amides is 2. The third-order valence-electron chi connectivity index (χ3n) is 3.04. The van der Waals surface area contributed by atoms with Gasteiger partial charge in [-0.2, -0.15) is 0 Å². The highest BCUT2D eigenvalue weighted by Gasteiger charge is 2.13. The van der Waals surface area contributed by atoms with Crippen molar-refractivity contribution in [2.24, 2.45) is 0 Å². The average Bonchev–Trinajstić information content (AvgIpc) is 2.85. The molecule has 1 aliphatic heterocycles. The molecule has 0 aromatic heterocycles. The summed E-state index contributed by atoms with van der Waals surface area (Å²) in [4.78, 5) is 11.6. The standard InChI is InChI=1S/C13H18ClN3O/c14-10-3-5-12(6-4-10)17-13(18)16-9-7-11-2-1-8-15-11/h3-6,11,15H,1-2,7-9H2,(H2,16,17,18)/t11-/m0/s1. The van der Waals surface area contributed by atoms with Crippen molar-refractivity contribution in [3.8, 4) is 0 Å². The number of benzene rings is 1. The molecular weight excluding hydrogens is 250 g/mol. The minimum atomic E-state index is -0.171. The van der Waals surface area contributed by atoms with Gasteiger partial charge in [0.2, 0.25) is 0 Å². The number of hydrogen-bond acceptors (Lipinski definition) is 2. The Kier molecular flexibility index (Phi) is 4.84. The Labute approximate surface area is 112 Å². The zero-order valence-corrected chi connectivity index (χ0v) is 11.0. The fourth-order valence-electron chi connectivity index (χ4n) is 2.07. The molecule has 18 heavy (non-hydrogen) atoms. The molecule has 0 bridgehead atoms. The van der Waals surface area contributed by atoms with Gasteiger partial charge in [-0.05, 0) is 50.1 Å². The molecule has 0 unspecified atom stereocenters. The van der Waals surface area contributed by atoms with Gasteiger partial charge < -0.3 is 16.0 Å². The fraction of sp³-hybridized carbons (Fsp3) is 0.462. The SMILES string of the molecule is O=C(NCC[C@@H]1CCCN1)Nc1ccc(Cl)cc1. The number of halogens is 1. The second-order valence-electron chi connectivity index (χ2n) is 4.47. The zero-order chi connectivity index (χ0) is 12.8. The topological polar surface area (TPSA) is 53.2 Å². The normalized spacial score (nSPS) is 18.6. The Morgan fingerprint density at radius 1 is 1.39 bits per heavy atom. The molecule has 1 heterocycles. The minimum absolute atomic E-state index is 0.171. The van der Waals surface area contributed by atoms with Crippen molar-refractivity contribution >= 4 is 23.3 Å². The van der Waals surface area contributed by atoms with Crippen molar-refractivity contribution in [2.45, 2.75) is 25.3 Å². The summed E-state index contributed by atoms with van der Waals surface area (Å²) in [6, 6.07) is 7.44. The molecule has 0 spiro atoms. The molecule has 1 aliphatic rings. The van der Waals surface area contributed by atoms with E-state index in [9.17, 15) is 4.79 Å². The Bertz CT molecular complexity index is 388. The first-order valence-electron chi connectivity index (χ1n) is 6.28. The van der Waals surface area contributed by atoms with Crippen LogP contribution in [0.1, 0.15) is 19.3 Å². The lowest BCUT2D eigenvalue weighted by Crippen LogP contribution is -2.33. The zero-order valence-electron chi connectivity index (χ0n) is 10.2. The van der Waals surface area contributed by atoms with E-state index in [-0.39, 0.29) is 6.03 Å². The van der Waals surface area contributed by atoms with Gasteiger partial charge >= 0.3 is 6.03 Å². The van der Waals surface area contributed by atoms with Crippen LogP contribution in [0, 0.1) is 0 Å². The number of carbonyl (C=O) groups excluding carboxylic acids is 1. The van der Waals surface area contributed by atoms with Crippen molar-refractivity contribution < 1.29 is 4.79 Å². The van der Waals surface area contributed by atoms with E-state index in [1.54, 1.807) is 24.3 Å². The third-order valence-corrected chi connectivity index (χ3v) is 3.29. The lowest BCUT2D eigenvalue weighted by atomic mass is 10.1.